The molecule has 8 heteroatoms. The Morgan fingerprint density at radius 3 is 2.41 bits per heavy atom. The lowest BCUT2D eigenvalue weighted by Crippen LogP contribution is -2.27. The summed E-state index contributed by atoms with van der Waals surface area (Å²) in [5, 5.41) is 0.473. The standard InChI is InChI=1S/C24H17Cl2NO4S/c1-30-20-12-16(11-19(26)22(20)31-14-15-5-3-2-4-6-15)13-21-23(28)27(24(29)32-21)18-9-7-17(25)8-10-18/h2-13H,14H2,1H3/b21-13+. The van der Waals surface area contributed by atoms with E-state index in [1.165, 1.54) is 7.11 Å². The van der Waals surface area contributed by atoms with Crippen LogP contribution in [0.5, 0.6) is 11.5 Å². The molecule has 1 saturated heterocycles. The largest absolute Gasteiger partial charge is 0.493 e. The third kappa shape index (κ3) is 4.78. The molecule has 0 aromatic heterocycles. The molecule has 1 heterocycles. The molecule has 4 rings (SSSR count). The van der Waals surface area contributed by atoms with Crippen molar-refractivity contribution in [2.75, 3.05) is 12.0 Å². The molecular formula is C24H17Cl2NO4S. The van der Waals surface area contributed by atoms with E-state index in [1.54, 1.807) is 42.5 Å². The van der Waals surface area contributed by atoms with Crippen LogP contribution in [-0.2, 0) is 11.4 Å². The molecule has 3 aromatic rings. The molecule has 162 valence electrons. The van der Waals surface area contributed by atoms with Crippen LogP contribution in [0.1, 0.15) is 11.1 Å². The quantitative estimate of drug-likeness (QED) is 0.358. The van der Waals surface area contributed by atoms with Gasteiger partial charge >= 0.3 is 0 Å². The Labute approximate surface area is 199 Å². The van der Waals surface area contributed by atoms with Gasteiger partial charge < -0.3 is 9.47 Å². The highest BCUT2D eigenvalue weighted by atomic mass is 35.5. The zero-order valence-corrected chi connectivity index (χ0v) is 19.2. The molecule has 0 atom stereocenters. The lowest BCUT2D eigenvalue weighted by Gasteiger charge is -2.14. The van der Waals surface area contributed by atoms with Gasteiger partial charge in [-0.15, -0.1) is 0 Å². The molecule has 2 amide bonds. The predicted molar refractivity (Wildman–Crippen MR) is 129 cm³/mol. The fraction of sp³-hybridized carbons (Fsp3) is 0.0833. The highest BCUT2D eigenvalue weighted by Gasteiger charge is 2.36. The maximum atomic E-state index is 12.9. The molecule has 0 N–H and O–H groups in total. The third-order valence-corrected chi connectivity index (χ3v) is 6.06. The number of amides is 2. The van der Waals surface area contributed by atoms with Crippen molar-refractivity contribution in [2.24, 2.45) is 0 Å². The van der Waals surface area contributed by atoms with Gasteiger partial charge in [0.15, 0.2) is 11.5 Å². The second kappa shape index (κ2) is 9.69. The van der Waals surface area contributed by atoms with Crippen LogP contribution in [-0.4, -0.2) is 18.3 Å². The minimum absolute atomic E-state index is 0.279. The van der Waals surface area contributed by atoms with Crippen molar-refractivity contribution in [2.45, 2.75) is 6.61 Å². The number of anilines is 1. The first-order chi connectivity index (χ1) is 15.5. The number of carbonyl (C=O) groups excluding carboxylic acids is 2. The molecule has 1 fully saturated rings. The zero-order chi connectivity index (χ0) is 22.7. The third-order valence-electron chi connectivity index (χ3n) is 4.65. The van der Waals surface area contributed by atoms with Crippen molar-refractivity contribution in [1.82, 2.24) is 0 Å². The monoisotopic (exact) mass is 485 g/mol. The molecule has 0 bridgehead atoms. The van der Waals surface area contributed by atoms with Crippen molar-refractivity contribution >= 4 is 57.9 Å². The van der Waals surface area contributed by atoms with Gasteiger partial charge in [0, 0.05) is 5.02 Å². The molecule has 32 heavy (non-hydrogen) atoms. The Morgan fingerprint density at radius 2 is 1.72 bits per heavy atom. The number of methoxy groups -OCH3 is 1. The highest BCUT2D eigenvalue weighted by Crippen LogP contribution is 2.40. The molecule has 0 spiro atoms. The summed E-state index contributed by atoms with van der Waals surface area (Å²) < 4.78 is 11.3. The van der Waals surface area contributed by atoms with E-state index in [4.69, 9.17) is 32.7 Å². The first-order valence-corrected chi connectivity index (χ1v) is 11.1. The summed E-state index contributed by atoms with van der Waals surface area (Å²) in [6.07, 6.45) is 1.61. The van der Waals surface area contributed by atoms with Crippen molar-refractivity contribution in [3.05, 3.63) is 92.8 Å². The Hall–Kier alpha value is -2.93. The smallest absolute Gasteiger partial charge is 0.298 e. The lowest BCUT2D eigenvalue weighted by atomic mass is 10.1. The van der Waals surface area contributed by atoms with E-state index in [1.807, 2.05) is 30.3 Å². The van der Waals surface area contributed by atoms with Gasteiger partial charge in [0.25, 0.3) is 11.1 Å². The second-order valence-corrected chi connectivity index (χ2v) is 8.64. The zero-order valence-electron chi connectivity index (χ0n) is 16.9. The van der Waals surface area contributed by atoms with E-state index in [-0.39, 0.29) is 10.1 Å². The van der Waals surface area contributed by atoms with Crippen LogP contribution in [0.4, 0.5) is 10.5 Å². The summed E-state index contributed by atoms with van der Waals surface area (Å²) in [5.41, 5.74) is 2.06. The van der Waals surface area contributed by atoms with Gasteiger partial charge in [-0.1, -0.05) is 53.5 Å². The first kappa shape index (κ1) is 22.3. The average Bonchev–Trinajstić information content (AvgIpc) is 3.06. The van der Waals surface area contributed by atoms with Crippen LogP contribution < -0.4 is 14.4 Å². The molecule has 0 aliphatic carbocycles. The Kier molecular flexibility index (Phi) is 6.74. The van der Waals surface area contributed by atoms with E-state index < -0.39 is 5.91 Å². The van der Waals surface area contributed by atoms with Gasteiger partial charge in [-0.05, 0) is 65.4 Å². The van der Waals surface area contributed by atoms with Crippen LogP contribution in [0.2, 0.25) is 10.0 Å². The summed E-state index contributed by atoms with van der Waals surface area (Å²) in [4.78, 5) is 26.7. The number of ether oxygens (including phenoxy) is 2. The van der Waals surface area contributed by atoms with Crippen molar-refractivity contribution in [3.63, 3.8) is 0 Å². The van der Waals surface area contributed by atoms with Crippen LogP contribution in [0.25, 0.3) is 6.08 Å². The fourth-order valence-corrected chi connectivity index (χ4v) is 4.37. The fourth-order valence-electron chi connectivity index (χ4n) is 3.12. The summed E-state index contributed by atoms with van der Waals surface area (Å²) in [7, 11) is 1.51. The van der Waals surface area contributed by atoms with Crippen molar-refractivity contribution in [3.8, 4) is 11.5 Å². The summed E-state index contributed by atoms with van der Waals surface area (Å²) in [5.74, 6) is 0.419. The number of carbonyl (C=O) groups is 2. The van der Waals surface area contributed by atoms with E-state index in [2.05, 4.69) is 0 Å². The molecule has 3 aromatic carbocycles. The topological polar surface area (TPSA) is 55.8 Å². The Bertz CT molecular complexity index is 1200. The highest BCUT2D eigenvalue weighted by molar-refractivity contribution is 8.19. The summed E-state index contributed by atoms with van der Waals surface area (Å²) >= 11 is 13.2. The van der Waals surface area contributed by atoms with Crippen LogP contribution in [0.15, 0.2) is 71.6 Å². The van der Waals surface area contributed by atoms with Gasteiger partial charge in [0.1, 0.15) is 6.61 Å². The lowest BCUT2D eigenvalue weighted by molar-refractivity contribution is -0.113. The second-order valence-electron chi connectivity index (χ2n) is 6.80. The maximum Gasteiger partial charge on any atom is 0.298 e. The molecule has 0 unspecified atom stereocenters. The number of halogens is 2. The van der Waals surface area contributed by atoms with Crippen LogP contribution in [0.3, 0.4) is 0 Å². The minimum atomic E-state index is -0.415. The van der Waals surface area contributed by atoms with Crippen molar-refractivity contribution in [1.29, 1.82) is 0 Å². The maximum absolute atomic E-state index is 12.9. The number of thioether (sulfide) groups is 1. The van der Waals surface area contributed by atoms with E-state index >= 15 is 0 Å². The normalized spacial score (nSPS) is 14.8. The van der Waals surface area contributed by atoms with Gasteiger partial charge in [0.05, 0.1) is 22.7 Å². The SMILES string of the molecule is COc1cc(/C=C2/SC(=O)N(c3ccc(Cl)cc3)C2=O)cc(Cl)c1OCc1ccccc1. The van der Waals surface area contributed by atoms with E-state index in [0.717, 1.165) is 22.2 Å². The molecule has 0 radical (unpaired) electrons. The molecule has 1 aliphatic heterocycles. The van der Waals surface area contributed by atoms with Crippen LogP contribution in [0, 0.1) is 0 Å². The first-order valence-electron chi connectivity index (χ1n) is 9.54. The van der Waals surface area contributed by atoms with Gasteiger partial charge in [-0.25, -0.2) is 4.90 Å². The number of hydrogen-bond acceptors (Lipinski definition) is 5. The van der Waals surface area contributed by atoms with Gasteiger partial charge in [-0.2, -0.15) is 0 Å². The number of imide groups is 1. The summed E-state index contributed by atoms with van der Waals surface area (Å²) in [6.45, 7) is 0.330. The van der Waals surface area contributed by atoms with E-state index in [9.17, 15) is 9.59 Å². The molecule has 5 nitrogen and oxygen atoms in total. The summed E-state index contributed by atoms with van der Waals surface area (Å²) in [6, 6.07) is 19.6. The number of nitrogens with zero attached hydrogens (tertiary/aromatic N) is 1. The van der Waals surface area contributed by atoms with E-state index in [0.29, 0.717) is 39.4 Å². The molecule has 0 saturated carbocycles. The Balaban J connectivity index is 1.58. The van der Waals surface area contributed by atoms with Gasteiger partial charge in [-0.3, -0.25) is 9.59 Å². The molecule has 1 aliphatic rings. The number of rotatable bonds is 6. The number of hydrogen-bond donors (Lipinski definition) is 0. The molecular weight excluding hydrogens is 469 g/mol. The predicted octanol–water partition coefficient (Wildman–Crippen LogP) is 6.82. The number of benzene rings is 3. The minimum Gasteiger partial charge on any atom is -0.493 e. The average molecular weight is 486 g/mol. The van der Waals surface area contributed by atoms with Crippen LogP contribution >= 0.6 is 35.0 Å². The van der Waals surface area contributed by atoms with Gasteiger partial charge in [0.2, 0.25) is 0 Å². The Morgan fingerprint density at radius 1 is 1.00 bits per heavy atom. The van der Waals surface area contributed by atoms with Crippen molar-refractivity contribution < 1.29 is 19.1 Å².